The van der Waals surface area contributed by atoms with E-state index in [1.807, 2.05) is 31.2 Å². The number of ether oxygens (including phenoxy) is 1. The fourth-order valence-electron chi connectivity index (χ4n) is 3.07. The summed E-state index contributed by atoms with van der Waals surface area (Å²) in [6, 6.07) is 7.59. The van der Waals surface area contributed by atoms with Gasteiger partial charge in [-0.05, 0) is 19.4 Å². The van der Waals surface area contributed by atoms with Crippen molar-refractivity contribution in [2.24, 2.45) is 0 Å². The summed E-state index contributed by atoms with van der Waals surface area (Å²) in [6.07, 6.45) is 0.913. The lowest BCUT2D eigenvalue weighted by Gasteiger charge is -2.27. The van der Waals surface area contributed by atoms with Crippen LogP contribution in [0.25, 0.3) is 0 Å². The number of amides is 1. The number of carbonyl (C=O) groups is 1. The summed E-state index contributed by atoms with van der Waals surface area (Å²) < 4.78 is 28.5. The number of para-hydroxylation sites is 1. The Bertz CT molecular complexity index is 660. The molecular formula is C17H26N2O4S. The average Bonchev–Trinajstić information content (AvgIpc) is 2.92. The molecule has 2 rings (SSSR count). The van der Waals surface area contributed by atoms with E-state index in [1.165, 1.54) is 0 Å². The highest BCUT2D eigenvalue weighted by atomic mass is 32.2. The Hall–Kier alpha value is -1.60. The molecular weight excluding hydrogens is 328 g/mol. The Balaban J connectivity index is 1.79. The highest BCUT2D eigenvalue weighted by molar-refractivity contribution is 7.91. The van der Waals surface area contributed by atoms with Gasteiger partial charge < -0.3 is 15.0 Å². The van der Waals surface area contributed by atoms with Gasteiger partial charge >= 0.3 is 0 Å². The van der Waals surface area contributed by atoms with Gasteiger partial charge in [0, 0.05) is 37.7 Å². The van der Waals surface area contributed by atoms with E-state index >= 15 is 0 Å². The zero-order valence-corrected chi connectivity index (χ0v) is 15.1. The molecule has 0 spiro atoms. The van der Waals surface area contributed by atoms with Crippen LogP contribution in [0.15, 0.2) is 24.3 Å². The van der Waals surface area contributed by atoms with Gasteiger partial charge in [0.15, 0.2) is 9.84 Å². The number of carbonyl (C=O) groups excluding carboxylic acids is 1. The normalized spacial score (nSPS) is 19.2. The molecule has 0 radical (unpaired) electrons. The van der Waals surface area contributed by atoms with Gasteiger partial charge in [0.25, 0.3) is 0 Å². The second kappa shape index (κ2) is 8.48. The fourth-order valence-corrected chi connectivity index (χ4v) is 4.80. The first-order chi connectivity index (χ1) is 11.5. The maximum Gasteiger partial charge on any atom is 0.224 e. The smallest absolute Gasteiger partial charge is 0.224 e. The molecule has 0 saturated carbocycles. The van der Waals surface area contributed by atoms with Crippen LogP contribution in [0.2, 0.25) is 0 Å². The quantitative estimate of drug-likeness (QED) is 0.710. The van der Waals surface area contributed by atoms with Gasteiger partial charge in [-0.3, -0.25) is 4.79 Å². The summed E-state index contributed by atoms with van der Waals surface area (Å²) in [7, 11) is -1.34. The van der Waals surface area contributed by atoms with Crippen LogP contribution in [-0.4, -0.2) is 57.0 Å². The summed E-state index contributed by atoms with van der Waals surface area (Å²) in [5, 5.41) is 3.25. The first kappa shape index (κ1) is 18.7. The van der Waals surface area contributed by atoms with Crippen LogP contribution in [0, 0.1) is 0 Å². The van der Waals surface area contributed by atoms with Crippen LogP contribution in [0.3, 0.4) is 0 Å². The number of hydrogen-bond acceptors (Lipinski definition) is 5. The molecule has 1 atom stereocenters. The lowest BCUT2D eigenvalue weighted by Crippen LogP contribution is -2.41. The predicted molar refractivity (Wildman–Crippen MR) is 93.8 cm³/mol. The maximum absolute atomic E-state index is 12.4. The highest BCUT2D eigenvalue weighted by Crippen LogP contribution is 2.19. The number of methoxy groups -OCH3 is 1. The van der Waals surface area contributed by atoms with Crippen LogP contribution in [0.1, 0.15) is 25.3 Å². The van der Waals surface area contributed by atoms with Crippen molar-refractivity contribution in [1.29, 1.82) is 0 Å². The monoisotopic (exact) mass is 354 g/mol. The Kier molecular flexibility index (Phi) is 6.62. The number of hydrogen-bond donors (Lipinski definition) is 1. The molecule has 0 bridgehead atoms. The lowest BCUT2D eigenvalue weighted by molar-refractivity contribution is -0.132. The van der Waals surface area contributed by atoms with Gasteiger partial charge in [0.1, 0.15) is 5.75 Å². The first-order valence-corrected chi connectivity index (χ1v) is 10.1. The third kappa shape index (κ3) is 4.95. The molecule has 1 N–H and O–H groups in total. The summed E-state index contributed by atoms with van der Waals surface area (Å²) in [5.41, 5.74) is 1.04. The van der Waals surface area contributed by atoms with Crippen LogP contribution < -0.4 is 10.1 Å². The molecule has 1 aromatic rings. The first-order valence-electron chi connectivity index (χ1n) is 8.29. The van der Waals surface area contributed by atoms with E-state index in [0.29, 0.717) is 32.5 Å². The van der Waals surface area contributed by atoms with E-state index in [-0.39, 0.29) is 23.5 Å². The van der Waals surface area contributed by atoms with E-state index in [0.717, 1.165) is 11.3 Å². The lowest BCUT2D eigenvalue weighted by atomic mass is 10.2. The maximum atomic E-state index is 12.4. The second-order valence-electron chi connectivity index (χ2n) is 5.98. The molecule has 6 nitrogen and oxygen atoms in total. The minimum Gasteiger partial charge on any atom is -0.496 e. The Morgan fingerprint density at radius 3 is 2.75 bits per heavy atom. The van der Waals surface area contributed by atoms with E-state index in [1.54, 1.807) is 12.0 Å². The van der Waals surface area contributed by atoms with Crippen LogP contribution in [-0.2, 0) is 21.2 Å². The number of sulfone groups is 1. The molecule has 1 aromatic carbocycles. The average molecular weight is 354 g/mol. The van der Waals surface area contributed by atoms with Gasteiger partial charge in [0.05, 0.1) is 18.6 Å². The minimum absolute atomic E-state index is 0.00660. The molecule has 7 heteroatoms. The van der Waals surface area contributed by atoms with Crippen LogP contribution in [0.4, 0.5) is 0 Å². The largest absolute Gasteiger partial charge is 0.496 e. The standard InChI is InChI=1S/C17H26N2O4S/c1-3-19(15-9-11-24(21,22)13-15)17(20)8-10-18-12-14-6-4-5-7-16(14)23-2/h4-7,15,18H,3,8-13H2,1-2H3. The zero-order chi connectivity index (χ0) is 17.6. The molecule has 134 valence electrons. The molecule has 24 heavy (non-hydrogen) atoms. The van der Waals surface area contributed by atoms with E-state index in [2.05, 4.69) is 5.32 Å². The van der Waals surface area contributed by atoms with Crippen molar-refractivity contribution in [2.45, 2.75) is 32.4 Å². The zero-order valence-electron chi connectivity index (χ0n) is 14.3. The molecule has 1 unspecified atom stereocenters. The van der Waals surface area contributed by atoms with Crippen molar-refractivity contribution >= 4 is 15.7 Å². The molecule has 1 amide bonds. The van der Waals surface area contributed by atoms with Gasteiger partial charge in [-0.2, -0.15) is 0 Å². The van der Waals surface area contributed by atoms with Gasteiger partial charge in [-0.25, -0.2) is 8.42 Å². The SMILES string of the molecule is CCN(C(=O)CCNCc1ccccc1OC)C1CCS(=O)(=O)C1. The molecule has 1 saturated heterocycles. The Morgan fingerprint density at radius 1 is 1.38 bits per heavy atom. The molecule has 1 aliphatic heterocycles. The van der Waals surface area contributed by atoms with E-state index in [9.17, 15) is 13.2 Å². The summed E-state index contributed by atoms with van der Waals surface area (Å²) in [4.78, 5) is 14.1. The molecule has 1 heterocycles. The third-order valence-corrected chi connectivity index (χ3v) is 6.08. The van der Waals surface area contributed by atoms with E-state index in [4.69, 9.17) is 4.74 Å². The van der Waals surface area contributed by atoms with Crippen molar-refractivity contribution in [3.8, 4) is 5.75 Å². The number of nitrogens with one attached hydrogen (secondary N) is 1. The summed E-state index contributed by atoms with van der Waals surface area (Å²) >= 11 is 0. The molecule has 1 aliphatic rings. The minimum atomic E-state index is -2.98. The summed E-state index contributed by atoms with van der Waals surface area (Å²) in [6.45, 7) is 3.62. The summed E-state index contributed by atoms with van der Waals surface area (Å²) in [5.74, 6) is 1.11. The van der Waals surface area contributed by atoms with Crippen LogP contribution >= 0.6 is 0 Å². The fraction of sp³-hybridized carbons (Fsp3) is 0.588. The predicted octanol–water partition coefficient (Wildman–Crippen LogP) is 1.21. The number of nitrogens with zero attached hydrogens (tertiary/aromatic N) is 1. The Labute approximate surface area is 144 Å². The second-order valence-corrected chi connectivity index (χ2v) is 8.20. The van der Waals surface area contributed by atoms with Crippen molar-refractivity contribution < 1.29 is 17.9 Å². The third-order valence-electron chi connectivity index (χ3n) is 4.33. The van der Waals surface area contributed by atoms with Crippen molar-refractivity contribution in [3.63, 3.8) is 0 Å². The van der Waals surface area contributed by atoms with Crippen molar-refractivity contribution in [1.82, 2.24) is 10.2 Å². The molecule has 1 fully saturated rings. The van der Waals surface area contributed by atoms with Gasteiger partial charge in [-0.1, -0.05) is 18.2 Å². The van der Waals surface area contributed by atoms with Crippen LogP contribution in [0.5, 0.6) is 5.75 Å². The molecule has 0 aliphatic carbocycles. The Morgan fingerprint density at radius 2 is 2.12 bits per heavy atom. The molecule has 0 aromatic heterocycles. The van der Waals surface area contributed by atoms with Crippen molar-refractivity contribution in [3.05, 3.63) is 29.8 Å². The highest BCUT2D eigenvalue weighted by Gasteiger charge is 2.33. The number of benzene rings is 1. The van der Waals surface area contributed by atoms with Gasteiger partial charge in [0.2, 0.25) is 5.91 Å². The van der Waals surface area contributed by atoms with E-state index < -0.39 is 9.84 Å². The topological polar surface area (TPSA) is 75.7 Å². The van der Waals surface area contributed by atoms with Gasteiger partial charge in [-0.15, -0.1) is 0 Å². The van der Waals surface area contributed by atoms with Crippen molar-refractivity contribution in [2.75, 3.05) is 31.7 Å². The number of rotatable bonds is 8.